The highest BCUT2D eigenvalue weighted by Crippen LogP contribution is 2.50. The summed E-state index contributed by atoms with van der Waals surface area (Å²) in [5.74, 6) is 2.25. The Labute approximate surface area is 196 Å². The molecule has 0 radical (unpaired) electrons. The van der Waals surface area contributed by atoms with Crippen LogP contribution in [0.2, 0.25) is 0 Å². The molecule has 0 amide bonds. The Hall–Kier alpha value is -3.07. The number of nitrogens with zero attached hydrogens (tertiary/aromatic N) is 3. The van der Waals surface area contributed by atoms with E-state index < -0.39 is 6.30 Å². The van der Waals surface area contributed by atoms with Crippen LogP contribution in [-0.2, 0) is 6.42 Å². The fourth-order valence-electron chi connectivity index (χ4n) is 5.65. The van der Waals surface area contributed by atoms with Crippen LogP contribution in [0.15, 0.2) is 24.3 Å². The van der Waals surface area contributed by atoms with Crippen molar-refractivity contribution in [2.75, 3.05) is 51.5 Å². The van der Waals surface area contributed by atoms with Crippen molar-refractivity contribution in [2.24, 2.45) is 0 Å². The van der Waals surface area contributed by atoms with Crippen LogP contribution in [0.3, 0.4) is 0 Å². The van der Waals surface area contributed by atoms with Gasteiger partial charge in [0.1, 0.15) is 5.75 Å². The second-order valence-electron chi connectivity index (χ2n) is 9.07. The molecule has 9 heteroatoms. The first-order valence-corrected chi connectivity index (χ1v) is 11.5. The van der Waals surface area contributed by atoms with Crippen molar-refractivity contribution in [3.8, 4) is 17.2 Å². The number of ether oxygens (including phenoxy) is 3. The van der Waals surface area contributed by atoms with Gasteiger partial charge in [-0.25, -0.2) is 4.90 Å². The van der Waals surface area contributed by atoms with Gasteiger partial charge in [-0.05, 0) is 48.7 Å². The maximum absolute atomic E-state index is 13.2. The van der Waals surface area contributed by atoms with Crippen LogP contribution in [0.4, 0.5) is 18.9 Å². The van der Waals surface area contributed by atoms with E-state index in [1.165, 1.54) is 5.56 Å². The number of halogens is 3. The summed E-state index contributed by atoms with van der Waals surface area (Å²) in [6.45, 7) is 3.72. The molecule has 0 unspecified atom stereocenters. The second-order valence-corrected chi connectivity index (χ2v) is 9.07. The van der Waals surface area contributed by atoms with Crippen LogP contribution in [0.1, 0.15) is 35.2 Å². The average molecular weight is 473 g/mol. The predicted octanol–water partition coefficient (Wildman–Crippen LogP) is 4.50. The van der Waals surface area contributed by atoms with E-state index in [0.29, 0.717) is 23.7 Å². The maximum atomic E-state index is 13.2. The highest BCUT2D eigenvalue weighted by atomic mass is 19.4. The average Bonchev–Trinajstić information content (AvgIpc) is 3.29. The van der Waals surface area contributed by atoms with Crippen LogP contribution in [0, 0.1) is 0 Å². The summed E-state index contributed by atoms with van der Waals surface area (Å²) in [6.07, 6.45) is -1.23. The third kappa shape index (κ3) is 3.28. The van der Waals surface area contributed by atoms with Gasteiger partial charge in [-0.1, -0.05) is 6.07 Å². The van der Waals surface area contributed by atoms with E-state index >= 15 is 0 Å². The summed E-state index contributed by atoms with van der Waals surface area (Å²) in [5.41, 5.74) is 6.59. The smallest absolute Gasteiger partial charge is 0.460 e. The summed E-state index contributed by atoms with van der Waals surface area (Å²) in [6, 6.07) is 8.15. The quantitative estimate of drug-likeness (QED) is 0.599. The molecular weight excluding hydrogens is 447 g/mol. The lowest BCUT2D eigenvalue weighted by Gasteiger charge is -2.44. The molecule has 1 saturated heterocycles. The Morgan fingerprint density at radius 3 is 2.44 bits per heavy atom. The van der Waals surface area contributed by atoms with Crippen LogP contribution in [0.5, 0.6) is 17.2 Å². The SMILES string of the molecule is COc1ccc2c(c1N1CCN(C(F)(F)F)CC1)[C@@H](C)N1CCc3cc4c(cc3C1=C2)OCO4. The fraction of sp³-hybridized carbons (Fsp3) is 0.440. The number of methoxy groups -OCH3 is 1. The zero-order valence-electron chi connectivity index (χ0n) is 19.1. The van der Waals surface area contributed by atoms with Crippen LogP contribution < -0.4 is 19.1 Å². The first kappa shape index (κ1) is 21.5. The number of piperazine rings is 1. The molecule has 4 aliphatic heterocycles. The van der Waals surface area contributed by atoms with Gasteiger partial charge in [0, 0.05) is 49.5 Å². The van der Waals surface area contributed by atoms with Crippen molar-refractivity contribution in [1.82, 2.24) is 9.80 Å². The summed E-state index contributed by atoms with van der Waals surface area (Å²) in [4.78, 5) is 5.01. The minimum atomic E-state index is -4.30. The molecule has 0 bridgehead atoms. The number of benzene rings is 2. The molecule has 0 spiro atoms. The fourth-order valence-corrected chi connectivity index (χ4v) is 5.65. The first-order chi connectivity index (χ1) is 16.3. The van der Waals surface area contributed by atoms with Crippen LogP contribution in [0.25, 0.3) is 11.8 Å². The normalized spacial score (nSPS) is 21.6. The summed E-state index contributed by atoms with van der Waals surface area (Å²) < 4.78 is 56.5. The van der Waals surface area contributed by atoms with Gasteiger partial charge in [-0.15, -0.1) is 0 Å². The van der Waals surface area contributed by atoms with Crippen LogP contribution >= 0.6 is 0 Å². The summed E-state index contributed by atoms with van der Waals surface area (Å²) in [7, 11) is 1.62. The van der Waals surface area contributed by atoms with Gasteiger partial charge in [0.25, 0.3) is 0 Å². The molecule has 2 aromatic rings. The van der Waals surface area contributed by atoms with Crippen molar-refractivity contribution in [1.29, 1.82) is 0 Å². The van der Waals surface area contributed by atoms with Crippen molar-refractivity contribution in [3.05, 3.63) is 46.5 Å². The third-order valence-electron chi connectivity index (χ3n) is 7.37. The van der Waals surface area contributed by atoms with E-state index in [-0.39, 0.29) is 25.9 Å². The molecule has 180 valence electrons. The molecule has 1 fully saturated rings. The molecule has 2 aromatic carbocycles. The lowest BCUT2D eigenvalue weighted by atomic mass is 9.86. The van der Waals surface area contributed by atoms with E-state index in [9.17, 15) is 13.2 Å². The van der Waals surface area contributed by atoms with Gasteiger partial charge < -0.3 is 24.0 Å². The Bertz CT molecular complexity index is 1170. The Morgan fingerprint density at radius 1 is 1.00 bits per heavy atom. The van der Waals surface area contributed by atoms with Crippen molar-refractivity contribution < 1.29 is 27.4 Å². The molecular formula is C25H26F3N3O3. The second kappa shape index (κ2) is 7.73. The van der Waals surface area contributed by atoms with E-state index in [2.05, 4.69) is 30.0 Å². The lowest BCUT2D eigenvalue weighted by Crippen LogP contribution is -2.52. The van der Waals surface area contributed by atoms with Gasteiger partial charge in [-0.3, -0.25) is 0 Å². The summed E-state index contributed by atoms with van der Waals surface area (Å²) in [5, 5.41) is 0. The van der Waals surface area contributed by atoms with Gasteiger partial charge in [-0.2, -0.15) is 13.2 Å². The van der Waals surface area contributed by atoms with Crippen molar-refractivity contribution >= 4 is 17.5 Å². The van der Waals surface area contributed by atoms with E-state index in [4.69, 9.17) is 14.2 Å². The molecule has 34 heavy (non-hydrogen) atoms. The molecule has 4 heterocycles. The number of hydrogen-bond donors (Lipinski definition) is 0. The molecule has 6 rings (SSSR count). The van der Waals surface area contributed by atoms with Gasteiger partial charge >= 0.3 is 6.30 Å². The molecule has 6 nitrogen and oxygen atoms in total. The van der Waals surface area contributed by atoms with E-state index in [0.717, 1.165) is 52.5 Å². The minimum absolute atomic E-state index is 0.0410. The molecule has 4 aliphatic rings. The van der Waals surface area contributed by atoms with Gasteiger partial charge in [0.15, 0.2) is 11.5 Å². The van der Waals surface area contributed by atoms with E-state index in [1.807, 2.05) is 17.0 Å². The Kier molecular flexibility index (Phi) is 4.88. The zero-order chi connectivity index (χ0) is 23.6. The number of fused-ring (bicyclic) bond motifs is 5. The summed E-state index contributed by atoms with van der Waals surface area (Å²) >= 11 is 0. The number of anilines is 1. The van der Waals surface area contributed by atoms with Crippen molar-refractivity contribution in [3.63, 3.8) is 0 Å². The first-order valence-electron chi connectivity index (χ1n) is 11.5. The highest BCUT2D eigenvalue weighted by molar-refractivity contribution is 5.89. The maximum Gasteiger partial charge on any atom is 0.460 e. The highest BCUT2D eigenvalue weighted by Gasteiger charge is 2.40. The minimum Gasteiger partial charge on any atom is -0.495 e. The molecule has 0 aromatic heterocycles. The monoisotopic (exact) mass is 473 g/mol. The zero-order valence-corrected chi connectivity index (χ0v) is 19.1. The van der Waals surface area contributed by atoms with Gasteiger partial charge in [0.2, 0.25) is 6.79 Å². The topological polar surface area (TPSA) is 37.4 Å². The standard InChI is InChI=1S/C25H26F3N3O3/c1-15-23-17(3-4-20(32-2)24(23)29-7-9-30(10-8-29)25(26,27)28)11-19-18-13-22-21(33-14-34-22)12-16(18)5-6-31(15)19/h3-4,11-13,15H,5-10,14H2,1-2H3/t15-/m1/s1. The van der Waals surface area contributed by atoms with Crippen LogP contribution in [-0.4, -0.2) is 62.7 Å². The Balaban J connectivity index is 1.42. The third-order valence-corrected chi connectivity index (χ3v) is 7.37. The molecule has 1 atom stereocenters. The molecule has 0 N–H and O–H groups in total. The number of hydrogen-bond acceptors (Lipinski definition) is 6. The largest absolute Gasteiger partial charge is 0.495 e. The molecule has 0 saturated carbocycles. The van der Waals surface area contributed by atoms with E-state index in [1.54, 1.807) is 7.11 Å². The predicted molar refractivity (Wildman–Crippen MR) is 122 cm³/mol. The van der Waals surface area contributed by atoms with Gasteiger partial charge in [0.05, 0.1) is 18.8 Å². The Morgan fingerprint density at radius 2 is 1.74 bits per heavy atom. The van der Waals surface area contributed by atoms with Crippen molar-refractivity contribution in [2.45, 2.75) is 25.7 Å². The number of alkyl halides is 3. The number of rotatable bonds is 2. The molecule has 0 aliphatic carbocycles. The lowest BCUT2D eigenvalue weighted by molar-refractivity contribution is -0.246.